The standard InChI is InChI=1S/C19H18O2/c1-15(17-10-6-3-7-11-17)18(14-19(20)21)13-12-16-8-4-2-5-9-16/h2-13H,14H2,1H3,(H,20,21). The molecule has 2 aromatic carbocycles. The number of aliphatic carboxylic acids is 1. The van der Waals surface area contributed by atoms with Crippen molar-refractivity contribution < 1.29 is 9.90 Å². The minimum absolute atomic E-state index is 0.0179. The van der Waals surface area contributed by atoms with E-state index in [1.807, 2.05) is 79.7 Å². The van der Waals surface area contributed by atoms with Crippen molar-refractivity contribution in [2.75, 3.05) is 0 Å². The topological polar surface area (TPSA) is 37.3 Å². The molecular formula is C19H18O2. The van der Waals surface area contributed by atoms with Crippen molar-refractivity contribution in [1.29, 1.82) is 0 Å². The molecule has 0 radical (unpaired) electrons. The molecule has 0 aliphatic rings. The van der Waals surface area contributed by atoms with Crippen molar-refractivity contribution >= 4 is 17.6 Å². The lowest BCUT2D eigenvalue weighted by atomic mass is 9.98. The third kappa shape index (κ3) is 4.46. The van der Waals surface area contributed by atoms with Crippen molar-refractivity contribution in [1.82, 2.24) is 0 Å². The number of carboxylic acid groups (broad SMARTS) is 1. The van der Waals surface area contributed by atoms with Gasteiger partial charge in [0.1, 0.15) is 0 Å². The first kappa shape index (κ1) is 14.8. The molecule has 0 heterocycles. The van der Waals surface area contributed by atoms with Crippen molar-refractivity contribution in [3.05, 3.63) is 83.4 Å². The summed E-state index contributed by atoms with van der Waals surface area (Å²) in [5.74, 6) is -0.821. The monoisotopic (exact) mass is 278 g/mol. The SMILES string of the molecule is CC(=C(C=Cc1ccccc1)CC(=O)O)c1ccccc1. The number of hydrogen-bond donors (Lipinski definition) is 1. The van der Waals surface area contributed by atoms with Crippen LogP contribution in [0.5, 0.6) is 0 Å². The van der Waals surface area contributed by atoms with Crippen LogP contribution in [-0.2, 0) is 4.79 Å². The van der Waals surface area contributed by atoms with E-state index in [4.69, 9.17) is 5.11 Å². The maximum absolute atomic E-state index is 11.1. The Bertz CT molecular complexity index is 652. The number of benzene rings is 2. The second-order valence-corrected chi connectivity index (χ2v) is 4.83. The fraction of sp³-hybridized carbons (Fsp3) is 0.105. The van der Waals surface area contributed by atoms with Crippen LogP contribution >= 0.6 is 0 Å². The van der Waals surface area contributed by atoms with Crippen LogP contribution < -0.4 is 0 Å². The van der Waals surface area contributed by atoms with Gasteiger partial charge in [0.15, 0.2) is 0 Å². The predicted molar refractivity (Wildman–Crippen MR) is 86.8 cm³/mol. The minimum Gasteiger partial charge on any atom is -0.481 e. The summed E-state index contributed by atoms with van der Waals surface area (Å²) in [7, 11) is 0. The largest absolute Gasteiger partial charge is 0.481 e. The number of carboxylic acids is 1. The Kier molecular flexibility index (Phi) is 5.10. The first-order valence-corrected chi connectivity index (χ1v) is 6.87. The van der Waals surface area contributed by atoms with E-state index in [-0.39, 0.29) is 6.42 Å². The summed E-state index contributed by atoms with van der Waals surface area (Å²) in [6.45, 7) is 1.96. The van der Waals surface area contributed by atoms with E-state index in [0.29, 0.717) is 0 Å². The molecule has 0 spiro atoms. The van der Waals surface area contributed by atoms with Gasteiger partial charge in [-0.05, 0) is 29.2 Å². The Morgan fingerprint density at radius 1 is 1.00 bits per heavy atom. The molecule has 0 bridgehead atoms. The average molecular weight is 278 g/mol. The molecule has 21 heavy (non-hydrogen) atoms. The van der Waals surface area contributed by atoms with E-state index >= 15 is 0 Å². The van der Waals surface area contributed by atoms with Gasteiger partial charge in [0.2, 0.25) is 0 Å². The van der Waals surface area contributed by atoms with Crippen LogP contribution in [-0.4, -0.2) is 11.1 Å². The molecule has 2 aromatic rings. The minimum atomic E-state index is -0.821. The third-order valence-electron chi connectivity index (χ3n) is 3.31. The second kappa shape index (κ2) is 7.25. The molecular weight excluding hydrogens is 260 g/mol. The highest BCUT2D eigenvalue weighted by Crippen LogP contribution is 2.22. The Hall–Kier alpha value is -2.61. The van der Waals surface area contributed by atoms with Crippen molar-refractivity contribution in [3.63, 3.8) is 0 Å². The van der Waals surface area contributed by atoms with E-state index in [1.54, 1.807) is 0 Å². The summed E-state index contributed by atoms with van der Waals surface area (Å²) >= 11 is 0. The van der Waals surface area contributed by atoms with E-state index in [9.17, 15) is 4.79 Å². The normalized spacial score (nSPS) is 12.2. The molecule has 0 unspecified atom stereocenters. The van der Waals surface area contributed by atoms with Gasteiger partial charge in [0, 0.05) is 0 Å². The summed E-state index contributed by atoms with van der Waals surface area (Å²) < 4.78 is 0. The fourth-order valence-corrected chi connectivity index (χ4v) is 2.11. The molecule has 0 atom stereocenters. The number of carbonyl (C=O) groups is 1. The van der Waals surface area contributed by atoms with Gasteiger partial charge in [0.05, 0.1) is 6.42 Å². The summed E-state index contributed by atoms with van der Waals surface area (Å²) in [5, 5.41) is 9.11. The molecule has 2 rings (SSSR count). The number of rotatable bonds is 5. The van der Waals surface area contributed by atoms with Crippen molar-refractivity contribution in [2.24, 2.45) is 0 Å². The average Bonchev–Trinajstić information content (AvgIpc) is 2.52. The van der Waals surface area contributed by atoms with Crippen LogP contribution in [0.25, 0.3) is 11.6 Å². The lowest BCUT2D eigenvalue weighted by Gasteiger charge is -2.07. The van der Waals surface area contributed by atoms with E-state index in [0.717, 1.165) is 22.3 Å². The molecule has 0 saturated carbocycles. The molecule has 2 heteroatoms. The van der Waals surface area contributed by atoms with Gasteiger partial charge >= 0.3 is 5.97 Å². The van der Waals surface area contributed by atoms with E-state index < -0.39 is 5.97 Å². The van der Waals surface area contributed by atoms with Crippen LogP contribution in [0, 0.1) is 0 Å². The maximum Gasteiger partial charge on any atom is 0.307 e. The first-order valence-electron chi connectivity index (χ1n) is 6.87. The van der Waals surface area contributed by atoms with Gasteiger partial charge in [-0.1, -0.05) is 72.8 Å². The summed E-state index contributed by atoms with van der Waals surface area (Å²) in [6, 6.07) is 19.7. The molecule has 0 aliphatic carbocycles. The highest BCUT2D eigenvalue weighted by Gasteiger charge is 2.06. The summed E-state index contributed by atoms with van der Waals surface area (Å²) in [5.41, 5.74) is 3.91. The highest BCUT2D eigenvalue weighted by molar-refractivity contribution is 5.79. The van der Waals surface area contributed by atoms with E-state index in [2.05, 4.69) is 0 Å². The second-order valence-electron chi connectivity index (χ2n) is 4.83. The fourth-order valence-electron chi connectivity index (χ4n) is 2.11. The Morgan fingerprint density at radius 2 is 1.57 bits per heavy atom. The molecule has 0 amide bonds. The van der Waals surface area contributed by atoms with Gasteiger partial charge in [-0.15, -0.1) is 0 Å². The maximum atomic E-state index is 11.1. The van der Waals surface area contributed by atoms with Gasteiger partial charge in [0.25, 0.3) is 0 Å². The summed E-state index contributed by atoms with van der Waals surface area (Å²) in [4.78, 5) is 11.1. The number of hydrogen-bond acceptors (Lipinski definition) is 1. The predicted octanol–water partition coefficient (Wildman–Crippen LogP) is 4.65. The molecule has 2 nitrogen and oxygen atoms in total. The lowest BCUT2D eigenvalue weighted by molar-refractivity contribution is -0.136. The molecule has 0 aliphatic heterocycles. The molecule has 106 valence electrons. The zero-order valence-electron chi connectivity index (χ0n) is 12.0. The quantitative estimate of drug-likeness (QED) is 0.808. The zero-order valence-corrected chi connectivity index (χ0v) is 12.0. The van der Waals surface area contributed by atoms with Gasteiger partial charge < -0.3 is 5.11 Å². The van der Waals surface area contributed by atoms with Gasteiger partial charge in [-0.2, -0.15) is 0 Å². The zero-order chi connectivity index (χ0) is 15.1. The smallest absolute Gasteiger partial charge is 0.307 e. The van der Waals surface area contributed by atoms with Crippen molar-refractivity contribution in [3.8, 4) is 0 Å². The molecule has 1 N–H and O–H groups in total. The van der Waals surface area contributed by atoms with Crippen LogP contribution in [0.2, 0.25) is 0 Å². The van der Waals surface area contributed by atoms with E-state index in [1.165, 1.54) is 0 Å². The Labute approximate surface area is 125 Å². The Balaban J connectivity index is 2.34. The molecule has 0 aromatic heterocycles. The van der Waals surface area contributed by atoms with Crippen molar-refractivity contribution in [2.45, 2.75) is 13.3 Å². The van der Waals surface area contributed by atoms with Crippen LogP contribution in [0.15, 0.2) is 72.3 Å². The van der Waals surface area contributed by atoms with Gasteiger partial charge in [-0.25, -0.2) is 0 Å². The summed E-state index contributed by atoms with van der Waals surface area (Å²) in [6.07, 6.45) is 3.86. The molecule has 0 saturated heterocycles. The van der Waals surface area contributed by atoms with Gasteiger partial charge in [-0.3, -0.25) is 4.79 Å². The molecule has 0 fully saturated rings. The highest BCUT2D eigenvalue weighted by atomic mass is 16.4. The first-order chi connectivity index (χ1) is 10.2. The van der Waals surface area contributed by atoms with Crippen LogP contribution in [0.1, 0.15) is 24.5 Å². The Morgan fingerprint density at radius 3 is 2.14 bits per heavy atom. The van der Waals surface area contributed by atoms with Crippen LogP contribution in [0.3, 0.4) is 0 Å². The third-order valence-corrected chi connectivity index (χ3v) is 3.31. The number of allylic oxidation sites excluding steroid dienone is 2. The van der Waals surface area contributed by atoms with Crippen LogP contribution in [0.4, 0.5) is 0 Å². The lowest BCUT2D eigenvalue weighted by Crippen LogP contribution is -1.98.